The fraction of sp³-hybridized carbons (Fsp3) is 0.167. The van der Waals surface area contributed by atoms with Crippen LogP contribution in [0.4, 0.5) is 10.1 Å². The maximum absolute atomic E-state index is 13.3. The van der Waals surface area contributed by atoms with Crippen LogP contribution in [0.15, 0.2) is 53.9 Å². The van der Waals surface area contributed by atoms with Crippen LogP contribution >= 0.6 is 0 Å². The van der Waals surface area contributed by atoms with Gasteiger partial charge in [0.05, 0.1) is 11.8 Å². The van der Waals surface area contributed by atoms with Crippen molar-refractivity contribution in [3.8, 4) is 11.5 Å². The van der Waals surface area contributed by atoms with Crippen molar-refractivity contribution in [3.63, 3.8) is 0 Å². The molecule has 0 fully saturated rings. The summed E-state index contributed by atoms with van der Waals surface area (Å²) in [4.78, 5) is 14.5. The van der Waals surface area contributed by atoms with Crippen LogP contribution < -0.4 is 14.4 Å². The third-order valence-corrected chi connectivity index (χ3v) is 5.56. The summed E-state index contributed by atoms with van der Waals surface area (Å²) >= 11 is 0. The molecule has 2 aliphatic heterocycles. The van der Waals surface area contributed by atoms with Crippen molar-refractivity contribution in [3.05, 3.63) is 65.3 Å². The van der Waals surface area contributed by atoms with E-state index in [0.717, 1.165) is 5.41 Å². The first-order valence-corrected chi connectivity index (χ1v) is 9.54. The number of sulfone groups is 1. The quantitative estimate of drug-likeness (QED) is 0.824. The van der Waals surface area contributed by atoms with Crippen molar-refractivity contribution in [2.24, 2.45) is 0 Å². The summed E-state index contributed by atoms with van der Waals surface area (Å²) in [5, 5.41) is 1.10. The predicted octanol–water partition coefficient (Wildman–Crippen LogP) is 2.51. The Morgan fingerprint density at radius 2 is 1.81 bits per heavy atom. The van der Waals surface area contributed by atoms with Crippen LogP contribution in [0.25, 0.3) is 0 Å². The SMILES string of the molecule is O=C(c1ccc2c(c1)OCO2)N(c1ccc(F)cc1)[C@H]1C=CS(=O)(=O)C1. The molecule has 0 bridgehead atoms. The minimum Gasteiger partial charge on any atom is -0.454 e. The Hall–Kier alpha value is -2.87. The van der Waals surface area contributed by atoms with Crippen molar-refractivity contribution in [2.45, 2.75) is 6.04 Å². The van der Waals surface area contributed by atoms with E-state index in [1.54, 1.807) is 18.2 Å². The molecule has 0 saturated carbocycles. The molecule has 26 heavy (non-hydrogen) atoms. The van der Waals surface area contributed by atoms with E-state index in [4.69, 9.17) is 9.47 Å². The number of carbonyl (C=O) groups excluding carboxylic acids is 1. The van der Waals surface area contributed by atoms with Crippen LogP contribution in [0.5, 0.6) is 11.5 Å². The maximum Gasteiger partial charge on any atom is 0.258 e. The van der Waals surface area contributed by atoms with E-state index >= 15 is 0 Å². The molecule has 8 heteroatoms. The summed E-state index contributed by atoms with van der Waals surface area (Å²) in [5.74, 6) is -0.0936. The molecule has 6 nitrogen and oxygen atoms in total. The minimum absolute atomic E-state index is 0.0816. The molecule has 0 aliphatic carbocycles. The third-order valence-electron chi connectivity index (χ3n) is 4.19. The normalized spacial score (nSPS) is 19.5. The zero-order valence-corrected chi connectivity index (χ0v) is 14.3. The molecule has 0 N–H and O–H groups in total. The average Bonchev–Trinajstić information content (AvgIpc) is 3.22. The third kappa shape index (κ3) is 3.03. The summed E-state index contributed by atoms with van der Waals surface area (Å²) in [7, 11) is -3.38. The first-order chi connectivity index (χ1) is 12.4. The van der Waals surface area contributed by atoms with E-state index < -0.39 is 27.6 Å². The molecule has 134 valence electrons. The second kappa shape index (κ2) is 6.14. The summed E-state index contributed by atoms with van der Waals surface area (Å²) in [6.07, 6.45) is 1.46. The number of ether oxygens (including phenoxy) is 2. The van der Waals surface area contributed by atoms with Crippen molar-refractivity contribution < 1.29 is 27.1 Å². The van der Waals surface area contributed by atoms with Crippen LogP contribution in [-0.4, -0.2) is 32.9 Å². The number of benzene rings is 2. The second-order valence-corrected chi connectivity index (χ2v) is 7.88. The summed E-state index contributed by atoms with van der Waals surface area (Å²) in [6, 6.07) is 9.42. The van der Waals surface area contributed by atoms with Gasteiger partial charge >= 0.3 is 0 Å². The highest BCUT2D eigenvalue weighted by atomic mass is 32.2. The van der Waals surface area contributed by atoms with Gasteiger partial charge in [-0.05, 0) is 48.5 Å². The lowest BCUT2D eigenvalue weighted by Crippen LogP contribution is -2.41. The molecular formula is C18H14FNO5S. The van der Waals surface area contributed by atoms with Gasteiger partial charge in [0.1, 0.15) is 5.82 Å². The highest BCUT2D eigenvalue weighted by molar-refractivity contribution is 7.94. The van der Waals surface area contributed by atoms with Crippen molar-refractivity contribution in [2.75, 3.05) is 17.4 Å². The number of amides is 1. The van der Waals surface area contributed by atoms with E-state index in [9.17, 15) is 17.6 Å². The molecule has 0 aromatic heterocycles. The van der Waals surface area contributed by atoms with Crippen LogP contribution in [0, 0.1) is 5.82 Å². The lowest BCUT2D eigenvalue weighted by Gasteiger charge is -2.28. The van der Waals surface area contributed by atoms with Crippen LogP contribution in [0.3, 0.4) is 0 Å². The van der Waals surface area contributed by atoms with Gasteiger partial charge in [0, 0.05) is 16.7 Å². The lowest BCUT2D eigenvalue weighted by atomic mass is 10.1. The van der Waals surface area contributed by atoms with Gasteiger partial charge in [-0.3, -0.25) is 4.79 Å². The number of nitrogens with zero attached hydrogens (tertiary/aromatic N) is 1. The van der Waals surface area contributed by atoms with Crippen molar-refractivity contribution in [1.82, 2.24) is 0 Å². The van der Waals surface area contributed by atoms with E-state index in [1.807, 2.05) is 0 Å². The van der Waals surface area contributed by atoms with Gasteiger partial charge in [-0.25, -0.2) is 12.8 Å². The van der Waals surface area contributed by atoms with E-state index in [1.165, 1.54) is 35.2 Å². The minimum atomic E-state index is -3.38. The van der Waals surface area contributed by atoms with E-state index in [0.29, 0.717) is 22.7 Å². The first-order valence-electron chi connectivity index (χ1n) is 7.83. The molecule has 2 heterocycles. The highest BCUT2D eigenvalue weighted by Crippen LogP contribution is 2.34. The average molecular weight is 375 g/mol. The molecule has 2 aromatic rings. The van der Waals surface area contributed by atoms with Crippen LogP contribution in [0.1, 0.15) is 10.4 Å². The Morgan fingerprint density at radius 1 is 1.08 bits per heavy atom. The van der Waals surface area contributed by atoms with Gasteiger partial charge in [0.2, 0.25) is 6.79 Å². The highest BCUT2D eigenvalue weighted by Gasteiger charge is 2.32. The van der Waals surface area contributed by atoms with Gasteiger partial charge in [-0.15, -0.1) is 0 Å². The molecule has 0 unspecified atom stereocenters. The Labute approximate surface area is 149 Å². The number of carbonyl (C=O) groups is 1. The largest absolute Gasteiger partial charge is 0.454 e. The fourth-order valence-corrected chi connectivity index (χ4v) is 4.22. The standard InChI is InChI=1S/C18H14FNO5S/c19-13-2-4-14(5-3-13)20(15-7-8-26(22,23)10-15)18(21)12-1-6-16-17(9-12)25-11-24-16/h1-9,15H,10-11H2/t15-/m0/s1. The Kier molecular flexibility index (Phi) is 3.91. The first kappa shape index (κ1) is 16.6. The molecule has 1 amide bonds. The van der Waals surface area contributed by atoms with E-state index in [2.05, 4.69) is 0 Å². The fourth-order valence-electron chi connectivity index (χ4n) is 2.95. The summed E-state index contributed by atoms with van der Waals surface area (Å²) < 4.78 is 47.5. The number of rotatable bonds is 3. The van der Waals surface area contributed by atoms with Gasteiger partial charge in [0.25, 0.3) is 5.91 Å². The van der Waals surface area contributed by atoms with Crippen LogP contribution in [0.2, 0.25) is 0 Å². The number of hydrogen-bond acceptors (Lipinski definition) is 5. The van der Waals surface area contributed by atoms with Crippen LogP contribution in [-0.2, 0) is 9.84 Å². The zero-order chi connectivity index (χ0) is 18.3. The molecule has 4 rings (SSSR count). The van der Waals surface area contributed by atoms with Gasteiger partial charge in [-0.1, -0.05) is 0 Å². The topological polar surface area (TPSA) is 72.9 Å². The lowest BCUT2D eigenvalue weighted by molar-refractivity contribution is 0.0982. The maximum atomic E-state index is 13.3. The van der Waals surface area contributed by atoms with Crippen molar-refractivity contribution in [1.29, 1.82) is 0 Å². The molecule has 0 spiro atoms. The molecule has 0 radical (unpaired) electrons. The second-order valence-electron chi connectivity index (χ2n) is 5.95. The zero-order valence-electron chi connectivity index (χ0n) is 13.5. The Morgan fingerprint density at radius 3 is 2.50 bits per heavy atom. The molecule has 2 aliphatic rings. The van der Waals surface area contributed by atoms with E-state index in [-0.39, 0.29) is 12.5 Å². The summed E-state index contributed by atoms with van der Waals surface area (Å²) in [5.41, 5.74) is 0.720. The van der Waals surface area contributed by atoms with Gasteiger partial charge in [0.15, 0.2) is 21.3 Å². The molecular weight excluding hydrogens is 361 g/mol. The summed E-state index contributed by atoms with van der Waals surface area (Å²) in [6.45, 7) is 0.0816. The number of fused-ring (bicyclic) bond motifs is 1. The molecule has 2 aromatic carbocycles. The van der Waals surface area contributed by atoms with Crippen molar-refractivity contribution >= 4 is 21.4 Å². The monoisotopic (exact) mass is 375 g/mol. The smallest absolute Gasteiger partial charge is 0.258 e. The molecule has 0 saturated heterocycles. The number of hydrogen-bond donors (Lipinski definition) is 0. The Balaban J connectivity index is 1.74. The Bertz CT molecular complexity index is 1000. The molecule has 1 atom stereocenters. The predicted molar refractivity (Wildman–Crippen MR) is 92.5 cm³/mol. The number of halogens is 1. The van der Waals surface area contributed by atoms with Gasteiger partial charge in [-0.2, -0.15) is 0 Å². The number of anilines is 1. The van der Waals surface area contributed by atoms with Gasteiger partial charge < -0.3 is 14.4 Å².